The summed E-state index contributed by atoms with van der Waals surface area (Å²) < 4.78 is 5.21. The molecule has 0 radical (unpaired) electrons. The van der Waals surface area contributed by atoms with E-state index in [1.807, 2.05) is 7.05 Å². The Balaban J connectivity index is 2.85. The standard InChI is InChI=1S/C13H25N3OS/c1-6-7-10(2)16(4)13-15-11(9-17-5)12(18-13)8-14-3/h10,14H,6-9H2,1-5H3. The van der Waals surface area contributed by atoms with Gasteiger partial charge in [0.05, 0.1) is 12.3 Å². The first kappa shape index (κ1) is 15.4. The zero-order valence-electron chi connectivity index (χ0n) is 12.1. The van der Waals surface area contributed by atoms with Gasteiger partial charge in [0.15, 0.2) is 5.13 Å². The SMILES string of the molecule is CCCC(C)N(C)c1nc(COC)c(CNC)s1. The summed E-state index contributed by atoms with van der Waals surface area (Å²) >= 11 is 1.76. The van der Waals surface area contributed by atoms with Crippen molar-refractivity contribution in [2.24, 2.45) is 0 Å². The highest BCUT2D eigenvalue weighted by atomic mass is 32.1. The van der Waals surface area contributed by atoms with E-state index in [0.29, 0.717) is 12.6 Å². The number of aromatic nitrogens is 1. The number of nitrogens with zero attached hydrogens (tertiary/aromatic N) is 2. The minimum atomic E-state index is 0.527. The molecule has 0 fully saturated rings. The van der Waals surface area contributed by atoms with E-state index in [1.165, 1.54) is 17.7 Å². The Bertz CT molecular complexity index is 331. The minimum absolute atomic E-state index is 0.527. The van der Waals surface area contributed by atoms with E-state index in [4.69, 9.17) is 9.72 Å². The maximum absolute atomic E-state index is 5.21. The van der Waals surface area contributed by atoms with Crippen molar-refractivity contribution in [1.29, 1.82) is 0 Å². The quantitative estimate of drug-likeness (QED) is 0.789. The molecule has 0 saturated carbocycles. The largest absolute Gasteiger partial charge is 0.378 e. The fourth-order valence-corrected chi connectivity index (χ4v) is 3.01. The van der Waals surface area contributed by atoms with Gasteiger partial charge in [-0.15, -0.1) is 11.3 Å². The Kier molecular flexibility index (Phi) is 6.60. The van der Waals surface area contributed by atoms with Crippen LogP contribution in [0.5, 0.6) is 0 Å². The van der Waals surface area contributed by atoms with Gasteiger partial charge in [0.25, 0.3) is 0 Å². The minimum Gasteiger partial charge on any atom is -0.378 e. The predicted molar refractivity (Wildman–Crippen MR) is 78.4 cm³/mol. The molecule has 1 aromatic rings. The number of hydrogen-bond acceptors (Lipinski definition) is 5. The van der Waals surface area contributed by atoms with Gasteiger partial charge in [-0.05, 0) is 20.4 Å². The Hall–Kier alpha value is -0.650. The summed E-state index contributed by atoms with van der Waals surface area (Å²) in [5.41, 5.74) is 1.06. The third kappa shape index (κ3) is 3.93. The van der Waals surface area contributed by atoms with Gasteiger partial charge in [-0.2, -0.15) is 0 Å². The van der Waals surface area contributed by atoms with Crippen LogP contribution < -0.4 is 10.2 Å². The Morgan fingerprint density at radius 3 is 2.78 bits per heavy atom. The Morgan fingerprint density at radius 2 is 2.22 bits per heavy atom. The molecule has 1 atom stereocenters. The van der Waals surface area contributed by atoms with Crippen molar-refractivity contribution in [2.75, 3.05) is 26.1 Å². The molecular formula is C13H25N3OS. The van der Waals surface area contributed by atoms with Crippen molar-refractivity contribution in [2.45, 2.75) is 45.9 Å². The molecule has 1 aromatic heterocycles. The number of anilines is 1. The van der Waals surface area contributed by atoms with Gasteiger partial charge < -0.3 is 15.0 Å². The average molecular weight is 271 g/mol. The van der Waals surface area contributed by atoms with E-state index in [9.17, 15) is 0 Å². The van der Waals surface area contributed by atoms with Crippen LogP contribution in [0.25, 0.3) is 0 Å². The molecule has 0 aliphatic carbocycles. The molecule has 5 heteroatoms. The van der Waals surface area contributed by atoms with E-state index in [-0.39, 0.29) is 0 Å². The summed E-state index contributed by atoms with van der Waals surface area (Å²) in [7, 11) is 5.80. The first-order chi connectivity index (χ1) is 8.63. The van der Waals surface area contributed by atoms with Crippen LogP contribution in [-0.4, -0.2) is 32.2 Å². The molecular weight excluding hydrogens is 246 g/mol. The summed E-state index contributed by atoms with van der Waals surface area (Å²) in [6, 6.07) is 0.527. The molecule has 104 valence electrons. The van der Waals surface area contributed by atoms with Crippen LogP contribution in [0.1, 0.15) is 37.3 Å². The number of nitrogens with one attached hydrogen (secondary N) is 1. The molecule has 1 rings (SSSR count). The first-order valence-corrected chi connectivity index (χ1v) is 7.30. The van der Waals surface area contributed by atoms with Crippen molar-refractivity contribution in [3.05, 3.63) is 10.6 Å². The maximum Gasteiger partial charge on any atom is 0.185 e. The maximum atomic E-state index is 5.21. The fraction of sp³-hybridized carbons (Fsp3) is 0.769. The number of methoxy groups -OCH3 is 1. The van der Waals surface area contributed by atoms with Crippen LogP contribution in [0.15, 0.2) is 0 Å². The smallest absolute Gasteiger partial charge is 0.185 e. The van der Waals surface area contributed by atoms with Crippen LogP contribution in [0.3, 0.4) is 0 Å². The number of thiazole rings is 1. The van der Waals surface area contributed by atoms with Gasteiger partial charge in [0, 0.05) is 31.6 Å². The van der Waals surface area contributed by atoms with Crippen molar-refractivity contribution in [1.82, 2.24) is 10.3 Å². The second-order valence-electron chi connectivity index (χ2n) is 4.58. The highest BCUT2D eigenvalue weighted by Gasteiger charge is 2.16. The van der Waals surface area contributed by atoms with E-state index >= 15 is 0 Å². The Morgan fingerprint density at radius 1 is 1.50 bits per heavy atom. The number of hydrogen-bond donors (Lipinski definition) is 1. The van der Waals surface area contributed by atoms with Gasteiger partial charge in [0.2, 0.25) is 0 Å². The highest BCUT2D eigenvalue weighted by molar-refractivity contribution is 7.15. The lowest BCUT2D eigenvalue weighted by Crippen LogP contribution is -2.28. The molecule has 4 nitrogen and oxygen atoms in total. The van der Waals surface area contributed by atoms with E-state index in [2.05, 4.69) is 31.1 Å². The molecule has 0 saturated heterocycles. The molecule has 18 heavy (non-hydrogen) atoms. The topological polar surface area (TPSA) is 37.4 Å². The second-order valence-corrected chi connectivity index (χ2v) is 5.64. The van der Waals surface area contributed by atoms with Gasteiger partial charge in [-0.3, -0.25) is 0 Å². The lowest BCUT2D eigenvalue weighted by Gasteiger charge is -2.23. The lowest BCUT2D eigenvalue weighted by molar-refractivity contribution is 0.181. The normalized spacial score (nSPS) is 12.7. The average Bonchev–Trinajstić information content (AvgIpc) is 2.73. The Labute approximate surface area is 114 Å². The van der Waals surface area contributed by atoms with Crippen LogP contribution >= 0.6 is 11.3 Å². The lowest BCUT2D eigenvalue weighted by atomic mass is 10.2. The van der Waals surface area contributed by atoms with Crippen LogP contribution in [0, 0.1) is 0 Å². The van der Waals surface area contributed by atoms with E-state index < -0.39 is 0 Å². The zero-order valence-corrected chi connectivity index (χ0v) is 12.9. The summed E-state index contributed by atoms with van der Waals surface area (Å²) in [5.74, 6) is 0. The molecule has 1 heterocycles. The van der Waals surface area contributed by atoms with Crippen molar-refractivity contribution in [3.63, 3.8) is 0 Å². The van der Waals surface area contributed by atoms with Crippen LogP contribution in [0.2, 0.25) is 0 Å². The molecule has 0 aromatic carbocycles. The summed E-state index contributed by atoms with van der Waals surface area (Å²) in [4.78, 5) is 8.24. The van der Waals surface area contributed by atoms with Gasteiger partial charge >= 0.3 is 0 Å². The molecule has 0 spiro atoms. The van der Waals surface area contributed by atoms with E-state index in [1.54, 1.807) is 18.4 Å². The molecule has 0 aliphatic rings. The molecule has 1 unspecified atom stereocenters. The van der Waals surface area contributed by atoms with Gasteiger partial charge in [-0.25, -0.2) is 4.98 Å². The third-order valence-corrected chi connectivity index (χ3v) is 4.24. The van der Waals surface area contributed by atoms with Crippen molar-refractivity contribution < 1.29 is 4.74 Å². The van der Waals surface area contributed by atoms with Crippen LogP contribution in [-0.2, 0) is 17.9 Å². The summed E-state index contributed by atoms with van der Waals surface area (Å²) in [5, 5.41) is 4.28. The molecule has 1 N–H and O–H groups in total. The number of rotatable bonds is 8. The van der Waals surface area contributed by atoms with Gasteiger partial charge in [-0.1, -0.05) is 13.3 Å². The first-order valence-electron chi connectivity index (χ1n) is 6.48. The molecule has 0 aliphatic heterocycles. The van der Waals surface area contributed by atoms with Crippen molar-refractivity contribution in [3.8, 4) is 0 Å². The second kappa shape index (κ2) is 7.71. The van der Waals surface area contributed by atoms with E-state index in [0.717, 1.165) is 17.4 Å². The van der Waals surface area contributed by atoms with Crippen LogP contribution in [0.4, 0.5) is 5.13 Å². The predicted octanol–water partition coefficient (Wildman–Crippen LogP) is 2.63. The molecule has 0 amide bonds. The van der Waals surface area contributed by atoms with Crippen molar-refractivity contribution >= 4 is 16.5 Å². The monoisotopic (exact) mass is 271 g/mol. The van der Waals surface area contributed by atoms with Gasteiger partial charge in [0.1, 0.15) is 0 Å². The zero-order chi connectivity index (χ0) is 13.5. The third-order valence-electron chi connectivity index (χ3n) is 3.05. The summed E-state index contributed by atoms with van der Waals surface area (Å²) in [6.07, 6.45) is 2.39. The summed E-state index contributed by atoms with van der Waals surface area (Å²) in [6.45, 7) is 5.91. The number of ether oxygens (including phenoxy) is 1. The highest BCUT2D eigenvalue weighted by Crippen LogP contribution is 2.28. The fourth-order valence-electron chi connectivity index (χ4n) is 1.87. The molecule has 0 bridgehead atoms.